The average molecular weight is 196 g/mol. The Morgan fingerprint density at radius 2 is 2.43 bits per heavy atom. The number of carbonyl (C=O) groups is 1. The first-order valence-electron chi connectivity index (χ1n) is 4.68. The standard InChI is InChI=1S/C9H16N4O/c1-7-8(6-12-13-7)4-3-5-11-9(14)10-2/h6H,3-5H2,1-2H3,(H,12,13)(H2,10,11,14). The first kappa shape index (κ1) is 10.6. The molecule has 3 N–H and O–H groups in total. The molecule has 5 heteroatoms. The number of aryl methyl sites for hydroxylation is 2. The molecule has 78 valence electrons. The van der Waals surface area contributed by atoms with Crippen LogP contribution in [0.15, 0.2) is 6.20 Å². The van der Waals surface area contributed by atoms with Gasteiger partial charge in [0.2, 0.25) is 0 Å². The number of hydrogen-bond acceptors (Lipinski definition) is 2. The van der Waals surface area contributed by atoms with E-state index in [1.54, 1.807) is 7.05 Å². The molecule has 0 aliphatic carbocycles. The van der Waals surface area contributed by atoms with Crippen LogP contribution in [0.3, 0.4) is 0 Å². The minimum Gasteiger partial charge on any atom is -0.341 e. The van der Waals surface area contributed by atoms with Gasteiger partial charge in [-0.15, -0.1) is 0 Å². The van der Waals surface area contributed by atoms with Crippen molar-refractivity contribution in [1.29, 1.82) is 0 Å². The summed E-state index contributed by atoms with van der Waals surface area (Å²) in [5, 5.41) is 12.0. The number of nitrogens with one attached hydrogen (secondary N) is 3. The molecule has 0 atom stereocenters. The van der Waals surface area contributed by atoms with Gasteiger partial charge in [0.15, 0.2) is 0 Å². The Balaban J connectivity index is 2.16. The fourth-order valence-corrected chi connectivity index (χ4v) is 1.20. The SMILES string of the molecule is CNC(=O)NCCCc1cn[nH]c1C. The van der Waals surface area contributed by atoms with Crippen LogP contribution < -0.4 is 10.6 Å². The monoisotopic (exact) mass is 196 g/mol. The largest absolute Gasteiger partial charge is 0.341 e. The van der Waals surface area contributed by atoms with Gasteiger partial charge >= 0.3 is 6.03 Å². The molecule has 0 spiro atoms. The van der Waals surface area contributed by atoms with Gasteiger partial charge in [0, 0.05) is 19.3 Å². The smallest absolute Gasteiger partial charge is 0.314 e. The van der Waals surface area contributed by atoms with E-state index in [2.05, 4.69) is 20.8 Å². The van der Waals surface area contributed by atoms with Gasteiger partial charge in [0.1, 0.15) is 0 Å². The van der Waals surface area contributed by atoms with Crippen molar-refractivity contribution < 1.29 is 4.79 Å². The Labute approximate surface area is 83.3 Å². The Bertz CT molecular complexity index is 295. The third kappa shape index (κ3) is 3.08. The van der Waals surface area contributed by atoms with Crippen molar-refractivity contribution in [1.82, 2.24) is 20.8 Å². The summed E-state index contributed by atoms with van der Waals surface area (Å²) in [4.78, 5) is 10.8. The second-order valence-electron chi connectivity index (χ2n) is 3.13. The molecule has 1 rings (SSSR count). The van der Waals surface area contributed by atoms with Gasteiger partial charge in [-0.05, 0) is 25.3 Å². The molecule has 0 bridgehead atoms. The molecule has 0 fully saturated rings. The van der Waals surface area contributed by atoms with E-state index in [1.807, 2.05) is 13.1 Å². The van der Waals surface area contributed by atoms with Gasteiger partial charge in [0.05, 0.1) is 6.20 Å². The summed E-state index contributed by atoms with van der Waals surface area (Å²) in [7, 11) is 1.61. The summed E-state index contributed by atoms with van der Waals surface area (Å²) in [6, 6.07) is -0.131. The molecule has 2 amide bonds. The molecule has 5 nitrogen and oxygen atoms in total. The van der Waals surface area contributed by atoms with Crippen LogP contribution in [0.1, 0.15) is 17.7 Å². The molecule has 0 unspecified atom stereocenters. The number of H-pyrrole nitrogens is 1. The van der Waals surface area contributed by atoms with E-state index >= 15 is 0 Å². The number of carbonyl (C=O) groups excluding carboxylic acids is 1. The van der Waals surface area contributed by atoms with E-state index in [0.717, 1.165) is 18.5 Å². The van der Waals surface area contributed by atoms with E-state index in [4.69, 9.17) is 0 Å². The lowest BCUT2D eigenvalue weighted by atomic mass is 10.1. The molecule has 0 aliphatic rings. The minimum absolute atomic E-state index is 0.131. The summed E-state index contributed by atoms with van der Waals surface area (Å²) in [5.74, 6) is 0. The summed E-state index contributed by atoms with van der Waals surface area (Å²) in [6.45, 7) is 2.68. The van der Waals surface area contributed by atoms with E-state index in [1.165, 1.54) is 5.56 Å². The molecular weight excluding hydrogens is 180 g/mol. The van der Waals surface area contributed by atoms with Crippen molar-refractivity contribution in [3.8, 4) is 0 Å². The number of rotatable bonds is 4. The first-order chi connectivity index (χ1) is 6.74. The Morgan fingerprint density at radius 3 is 3.00 bits per heavy atom. The van der Waals surface area contributed by atoms with Crippen LogP contribution in [0, 0.1) is 6.92 Å². The van der Waals surface area contributed by atoms with Crippen molar-refractivity contribution in [2.45, 2.75) is 19.8 Å². The predicted octanol–water partition coefficient (Wildman–Crippen LogP) is 0.580. The first-order valence-corrected chi connectivity index (χ1v) is 4.68. The zero-order chi connectivity index (χ0) is 10.4. The molecule has 0 aliphatic heterocycles. The summed E-state index contributed by atoms with van der Waals surface area (Å²) in [5.41, 5.74) is 2.31. The highest BCUT2D eigenvalue weighted by molar-refractivity contribution is 5.73. The normalized spacial score (nSPS) is 9.86. The molecule has 1 aromatic heterocycles. The summed E-state index contributed by atoms with van der Waals surface area (Å²) >= 11 is 0. The van der Waals surface area contributed by atoms with E-state index in [9.17, 15) is 4.79 Å². The van der Waals surface area contributed by atoms with Crippen molar-refractivity contribution in [3.05, 3.63) is 17.5 Å². The van der Waals surface area contributed by atoms with E-state index in [0.29, 0.717) is 6.54 Å². The maximum Gasteiger partial charge on any atom is 0.314 e. The number of aromatic amines is 1. The topological polar surface area (TPSA) is 69.8 Å². The van der Waals surface area contributed by atoms with Crippen LogP contribution in [0.25, 0.3) is 0 Å². The highest BCUT2D eigenvalue weighted by Crippen LogP contribution is 2.04. The number of amides is 2. The second kappa shape index (κ2) is 5.26. The molecule has 1 aromatic rings. The Hall–Kier alpha value is -1.52. The summed E-state index contributed by atoms with van der Waals surface area (Å²) < 4.78 is 0. The minimum atomic E-state index is -0.131. The fraction of sp³-hybridized carbons (Fsp3) is 0.556. The third-order valence-corrected chi connectivity index (χ3v) is 2.07. The van der Waals surface area contributed by atoms with Crippen LogP contribution in [0.4, 0.5) is 4.79 Å². The van der Waals surface area contributed by atoms with Crippen LogP contribution >= 0.6 is 0 Å². The van der Waals surface area contributed by atoms with Crippen molar-refractivity contribution in [2.75, 3.05) is 13.6 Å². The average Bonchev–Trinajstić information content (AvgIpc) is 2.58. The maximum absolute atomic E-state index is 10.8. The Kier molecular flexibility index (Phi) is 3.97. The van der Waals surface area contributed by atoms with Crippen molar-refractivity contribution >= 4 is 6.03 Å². The lowest BCUT2D eigenvalue weighted by molar-refractivity contribution is 0.243. The van der Waals surface area contributed by atoms with Crippen LogP contribution in [0.5, 0.6) is 0 Å². The molecule has 1 heterocycles. The van der Waals surface area contributed by atoms with Crippen molar-refractivity contribution in [3.63, 3.8) is 0 Å². The fourth-order valence-electron chi connectivity index (χ4n) is 1.20. The van der Waals surface area contributed by atoms with Gasteiger partial charge in [-0.3, -0.25) is 5.10 Å². The van der Waals surface area contributed by atoms with Gasteiger partial charge in [-0.1, -0.05) is 0 Å². The zero-order valence-electron chi connectivity index (χ0n) is 8.55. The molecule has 0 aromatic carbocycles. The van der Waals surface area contributed by atoms with E-state index in [-0.39, 0.29) is 6.03 Å². The van der Waals surface area contributed by atoms with Crippen LogP contribution in [-0.2, 0) is 6.42 Å². The van der Waals surface area contributed by atoms with Crippen molar-refractivity contribution in [2.24, 2.45) is 0 Å². The maximum atomic E-state index is 10.8. The quantitative estimate of drug-likeness (QED) is 0.616. The van der Waals surface area contributed by atoms with Gasteiger partial charge in [-0.2, -0.15) is 5.10 Å². The van der Waals surface area contributed by atoms with Crippen LogP contribution in [-0.4, -0.2) is 29.8 Å². The number of nitrogens with zero attached hydrogens (tertiary/aromatic N) is 1. The molecule has 14 heavy (non-hydrogen) atoms. The lowest BCUT2D eigenvalue weighted by Gasteiger charge is -2.03. The number of hydrogen-bond donors (Lipinski definition) is 3. The number of urea groups is 1. The lowest BCUT2D eigenvalue weighted by Crippen LogP contribution is -2.33. The van der Waals surface area contributed by atoms with E-state index < -0.39 is 0 Å². The summed E-state index contributed by atoms with van der Waals surface area (Å²) in [6.07, 6.45) is 3.69. The van der Waals surface area contributed by atoms with Gasteiger partial charge in [0.25, 0.3) is 0 Å². The third-order valence-electron chi connectivity index (χ3n) is 2.07. The second-order valence-corrected chi connectivity index (χ2v) is 3.13. The molecular formula is C9H16N4O. The van der Waals surface area contributed by atoms with Crippen LogP contribution in [0.2, 0.25) is 0 Å². The van der Waals surface area contributed by atoms with Gasteiger partial charge < -0.3 is 10.6 Å². The zero-order valence-corrected chi connectivity index (χ0v) is 8.55. The Morgan fingerprint density at radius 1 is 1.64 bits per heavy atom. The molecule has 0 saturated carbocycles. The molecule has 0 saturated heterocycles. The van der Waals surface area contributed by atoms with Gasteiger partial charge in [-0.25, -0.2) is 4.79 Å². The molecule has 0 radical (unpaired) electrons. The predicted molar refractivity (Wildman–Crippen MR) is 54.1 cm³/mol. The number of aromatic nitrogens is 2. The highest BCUT2D eigenvalue weighted by Gasteiger charge is 2.00. The highest BCUT2D eigenvalue weighted by atomic mass is 16.2.